The molecule has 0 atom stereocenters. The van der Waals surface area contributed by atoms with E-state index >= 15 is 0 Å². The van der Waals surface area contributed by atoms with Crippen molar-refractivity contribution in [3.05, 3.63) is 167 Å². The minimum atomic E-state index is -0.501. The summed E-state index contributed by atoms with van der Waals surface area (Å²) in [5.74, 6) is 3.74. The zero-order valence-corrected chi connectivity index (χ0v) is 34.4. The molecule has 0 unspecified atom stereocenters. The number of rotatable bonds is 4. The Morgan fingerprint density at radius 2 is 0.719 bits per heavy atom. The van der Waals surface area contributed by atoms with Gasteiger partial charge in [-0.15, -0.1) is 0 Å². The third-order valence-corrected chi connectivity index (χ3v) is 12.7. The zero-order valence-electron chi connectivity index (χ0n) is 33.4. The van der Waals surface area contributed by atoms with Crippen molar-refractivity contribution in [2.45, 2.75) is 77.0 Å². The smallest absolute Gasteiger partial charge is 0.366 e. The molecular weight excluding hydrogens is 747 g/mol. The van der Waals surface area contributed by atoms with Crippen LogP contribution in [0.5, 0.6) is 0 Å². The van der Waals surface area contributed by atoms with Crippen molar-refractivity contribution >= 4 is 22.4 Å². The molecule has 4 aromatic carbocycles. The third-order valence-electron chi connectivity index (χ3n) is 12.7. The molecule has 57 heavy (non-hydrogen) atoms. The molecule has 5 heterocycles. The van der Waals surface area contributed by atoms with Gasteiger partial charge in [0.05, 0.1) is 23.3 Å². The standard InChI is InChI=1S/C48H44N8.Ni/c1-45(2)41-52-39-35(31-25-17-11-18-26-31)33(29-21-13-9-14-22-29)37(50-39)49-38-34(30-23-15-10-16-24-30)36(32-27-19-12-20-28-32)40(51-38)53-42-46(3,4)48(7,8)44(55-42)56-43(54-41)47(45,5)6;/h9-28H,1-8H3;/q-2;+2. The Morgan fingerprint density at radius 1 is 0.351 bits per heavy atom. The number of hydrogen-bond acceptors (Lipinski definition) is 6. The van der Waals surface area contributed by atoms with Crippen molar-refractivity contribution in [1.29, 1.82) is 0 Å². The summed E-state index contributed by atoms with van der Waals surface area (Å²) >= 11 is 0. The van der Waals surface area contributed by atoms with Gasteiger partial charge in [-0.3, -0.25) is 4.98 Å². The second-order valence-electron chi connectivity index (χ2n) is 16.9. The van der Waals surface area contributed by atoms with E-state index < -0.39 is 21.7 Å². The average Bonchev–Trinajstić information content (AvgIpc) is 3.83. The summed E-state index contributed by atoms with van der Waals surface area (Å²) < 4.78 is 0. The molecule has 9 rings (SSSR count). The van der Waals surface area contributed by atoms with Crippen molar-refractivity contribution in [2.24, 2.45) is 0 Å². The topological polar surface area (TPSA) is 106 Å². The fourth-order valence-electron chi connectivity index (χ4n) is 7.65. The van der Waals surface area contributed by atoms with Gasteiger partial charge in [0, 0.05) is 55.2 Å². The Kier molecular flexibility index (Phi) is 9.16. The van der Waals surface area contributed by atoms with Crippen LogP contribution in [0.15, 0.2) is 121 Å². The maximum Gasteiger partial charge on any atom is 2.00 e. The SMILES string of the molecule is CC1(C)c2nc(nc3[n-]c(nc4nc(nc5[n-]c(n2)C(C)(C)C5(C)C)C(c2ccccc2)=C4c2ccccc2)c(-c2ccccc2)c3-c2ccccc2)C1(C)C.[Ni+2]. The molecule has 3 aliphatic heterocycles. The van der Waals surface area contributed by atoms with E-state index in [0.717, 1.165) is 44.5 Å². The van der Waals surface area contributed by atoms with Crippen molar-refractivity contribution in [3.8, 4) is 22.3 Å². The van der Waals surface area contributed by atoms with Crippen molar-refractivity contribution in [2.75, 3.05) is 0 Å². The number of fused-ring (bicyclic) bond motifs is 8. The first-order valence-electron chi connectivity index (χ1n) is 19.2. The minimum Gasteiger partial charge on any atom is -0.366 e. The molecule has 286 valence electrons. The van der Waals surface area contributed by atoms with E-state index in [4.69, 9.17) is 39.9 Å². The van der Waals surface area contributed by atoms with Gasteiger partial charge in [0.1, 0.15) is 0 Å². The van der Waals surface area contributed by atoms with Crippen molar-refractivity contribution < 1.29 is 16.5 Å². The Hall–Kier alpha value is -5.79. The second-order valence-corrected chi connectivity index (χ2v) is 16.9. The first-order valence-corrected chi connectivity index (χ1v) is 19.2. The predicted molar refractivity (Wildman–Crippen MR) is 222 cm³/mol. The average molecular weight is 792 g/mol. The molecule has 0 radical (unpaired) electrons. The summed E-state index contributed by atoms with van der Waals surface area (Å²) in [6, 6.07) is 41.2. The normalized spacial score (nSPS) is 16.8. The summed E-state index contributed by atoms with van der Waals surface area (Å²) in [7, 11) is 0. The number of hydrogen-bond donors (Lipinski definition) is 0. The zero-order chi connectivity index (χ0) is 39.0. The summed E-state index contributed by atoms with van der Waals surface area (Å²) in [4.78, 5) is 42.7. The van der Waals surface area contributed by atoms with Crippen LogP contribution in [0.2, 0.25) is 0 Å². The van der Waals surface area contributed by atoms with E-state index in [0.29, 0.717) is 46.2 Å². The maximum absolute atomic E-state index is 5.46. The second kappa shape index (κ2) is 13.7. The van der Waals surface area contributed by atoms with Crippen molar-refractivity contribution in [3.63, 3.8) is 0 Å². The number of aromatic nitrogens is 8. The van der Waals surface area contributed by atoms with Gasteiger partial charge in [0.2, 0.25) is 0 Å². The predicted octanol–water partition coefficient (Wildman–Crippen LogP) is 9.73. The van der Waals surface area contributed by atoms with Gasteiger partial charge < -0.3 is 29.9 Å². The van der Waals surface area contributed by atoms with Crippen LogP contribution in [0.3, 0.4) is 0 Å². The van der Waals surface area contributed by atoms with Crippen LogP contribution >= 0.6 is 0 Å². The Bertz CT molecular complexity index is 2730. The fraction of sp³-hybridized carbons (Fsp3) is 0.250. The van der Waals surface area contributed by atoms with E-state index in [1.54, 1.807) is 0 Å². The van der Waals surface area contributed by atoms with Crippen LogP contribution in [-0.2, 0) is 38.2 Å². The maximum atomic E-state index is 5.46. The Balaban J connectivity index is 0.00000455. The first kappa shape index (κ1) is 38.1. The van der Waals surface area contributed by atoms with Gasteiger partial charge in [0.25, 0.3) is 0 Å². The molecule has 0 fully saturated rings. The molecule has 0 amide bonds. The first-order chi connectivity index (χ1) is 26.8. The molecule has 2 aromatic heterocycles. The molecule has 0 spiro atoms. The van der Waals surface area contributed by atoms with E-state index in [9.17, 15) is 0 Å². The minimum absolute atomic E-state index is 0. The van der Waals surface area contributed by atoms with E-state index in [1.165, 1.54) is 0 Å². The van der Waals surface area contributed by atoms with E-state index in [2.05, 4.69) is 104 Å². The summed E-state index contributed by atoms with van der Waals surface area (Å²) in [5.41, 5.74) is 6.49. The van der Waals surface area contributed by atoms with Crippen LogP contribution < -0.4 is 9.97 Å². The van der Waals surface area contributed by atoms with Gasteiger partial charge in [-0.2, -0.15) is 0 Å². The van der Waals surface area contributed by atoms with E-state index in [-0.39, 0.29) is 16.5 Å². The van der Waals surface area contributed by atoms with Crippen LogP contribution in [0, 0.1) is 0 Å². The number of benzene rings is 4. The van der Waals surface area contributed by atoms with E-state index in [1.807, 2.05) is 72.8 Å². The Labute approximate surface area is 344 Å². The summed E-state index contributed by atoms with van der Waals surface area (Å²) in [5, 5.41) is 0. The largest absolute Gasteiger partial charge is 2.00 e. The Morgan fingerprint density at radius 3 is 1.18 bits per heavy atom. The van der Waals surface area contributed by atoms with Gasteiger partial charge >= 0.3 is 16.5 Å². The number of nitrogens with zero attached hydrogens (tertiary/aromatic N) is 8. The van der Waals surface area contributed by atoms with Crippen LogP contribution in [0.1, 0.15) is 101 Å². The fourth-order valence-corrected chi connectivity index (χ4v) is 7.65. The quantitative estimate of drug-likeness (QED) is 0.162. The monoisotopic (exact) mass is 790 g/mol. The summed E-state index contributed by atoms with van der Waals surface area (Å²) in [6.45, 7) is 17.5. The molecule has 8 bridgehead atoms. The molecule has 0 N–H and O–H groups in total. The summed E-state index contributed by atoms with van der Waals surface area (Å²) in [6.07, 6.45) is 0. The van der Waals surface area contributed by atoms with Crippen LogP contribution in [0.25, 0.3) is 44.7 Å². The molecule has 3 aliphatic rings. The van der Waals surface area contributed by atoms with Crippen LogP contribution in [0.4, 0.5) is 0 Å². The van der Waals surface area contributed by atoms with Crippen LogP contribution in [-0.4, -0.2) is 29.9 Å². The third kappa shape index (κ3) is 5.94. The molecule has 8 nitrogen and oxygen atoms in total. The molecule has 0 saturated heterocycles. The molecule has 6 aromatic rings. The molecule has 0 saturated carbocycles. The molecule has 0 aliphatic carbocycles. The molecule has 9 heteroatoms. The molecular formula is C48H44N8Ni. The van der Waals surface area contributed by atoms with Gasteiger partial charge in [-0.05, 0) is 33.9 Å². The van der Waals surface area contributed by atoms with Gasteiger partial charge in [-0.1, -0.05) is 177 Å². The van der Waals surface area contributed by atoms with Gasteiger partial charge in [0.15, 0.2) is 0 Å². The van der Waals surface area contributed by atoms with Crippen molar-refractivity contribution in [1.82, 2.24) is 39.9 Å². The van der Waals surface area contributed by atoms with Gasteiger partial charge in [-0.25, -0.2) is 4.98 Å².